The highest BCUT2D eigenvalue weighted by molar-refractivity contribution is 8.18. The monoisotopic (exact) mass is 423 g/mol. The van der Waals surface area contributed by atoms with E-state index in [1.165, 1.54) is 23.5 Å². The molecule has 1 fully saturated rings. The van der Waals surface area contributed by atoms with E-state index >= 15 is 0 Å². The number of hydrogen-bond acceptors (Lipinski definition) is 5. The third-order valence-corrected chi connectivity index (χ3v) is 7.76. The molecular weight excluding hydrogens is 394 g/mol. The van der Waals surface area contributed by atoms with Gasteiger partial charge in [0.1, 0.15) is 0 Å². The van der Waals surface area contributed by atoms with E-state index in [9.17, 15) is 0 Å². The quantitative estimate of drug-likeness (QED) is 0.529. The fourth-order valence-electron chi connectivity index (χ4n) is 2.65. The molecule has 0 amide bonds. The second-order valence-corrected chi connectivity index (χ2v) is 9.14. The number of benzene rings is 1. The minimum Gasteiger partial charge on any atom is -0.473 e. The van der Waals surface area contributed by atoms with E-state index in [2.05, 4.69) is 84.4 Å². The van der Waals surface area contributed by atoms with Crippen molar-refractivity contribution < 1.29 is 19.8 Å². The van der Waals surface area contributed by atoms with Crippen LogP contribution >= 0.6 is 23.5 Å². The van der Waals surface area contributed by atoms with Crippen LogP contribution in [0, 0.1) is 11.8 Å². The Morgan fingerprint density at radius 3 is 2.11 bits per heavy atom. The van der Waals surface area contributed by atoms with Crippen molar-refractivity contribution >= 4 is 35.5 Å². The lowest BCUT2D eigenvalue weighted by atomic mass is 10.1. The van der Waals surface area contributed by atoms with Crippen LogP contribution in [0.4, 0.5) is 0 Å². The first-order chi connectivity index (χ1) is 13.4. The zero-order valence-corrected chi connectivity index (χ0v) is 18.2. The Morgan fingerprint density at radius 1 is 1.04 bits per heavy atom. The Labute approximate surface area is 176 Å². The highest BCUT2D eigenvalue weighted by Crippen LogP contribution is 2.53. The summed E-state index contributed by atoms with van der Waals surface area (Å²) in [5, 5.41) is 14.8. The third-order valence-electron chi connectivity index (χ3n) is 4.26. The molecule has 5 nitrogen and oxygen atoms in total. The maximum atomic E-state index is 9.10. The van der Waals surface area contributed by atoms with Crippen molar-refractivity contribution in [2.45, 2.75) is 37.2 Å². The molecule has 1 aromatic carbocycles. The first-order valence-electron chi connectivity index (χ1n) is 9.43. The van der Waals surface area contributed by atoms with E-state index < -0.39 is 11.9 Å². The number of rotatable bonds is 6. The van der Waals surface area contributed by atoms with E-state index in [0.717, 1.165) is 32.5 Å². The lowest BCUT2D eigenvalue weighted by Gasteiger charge is -2.36. The molecule has 1 aliphatic heterocycles. The van der Waals surface area contributed by atoms with E-state index in [1.807, 2.05) is 0 Å². The number of hydrogen-bond donors (Lipinski definition) is 2. The van der Waals surface area contributed by atoms with E-state index in [1.54, 1.807) is 0 Å². The fourth-order valence-corrected chi connectivity index (χ4v) is 6.00. The van der Waals surface area contributed by atoms with Gasteiger partial charge in [-0.05, 0) is 43.0 Å². The van der Waals surface area contributed by atoms with Crippen molar-refractivity contribution in [1.82, 2.24) is 4.90 Å². The number of thioether (sulfide) groups is 2. The molecule has 0 spiro atoms. The molecule has 0 bridgehead atoms. The first kappa shape index (κ1) is 24.4. The van der Waals surface area contributed by atoms with Crippen molar-refractivity contribution in [3.63, 3.8) is 0 Å². The summed E-state index contributed by atoms with van der Waals surface area (Å²) in [6, 6.07) is 11.0. The molecule has 0 aliphatic carbocycles. The molecule has 0 saturated carbocycles. The van der Waals surface area contributed by atoms with Gasteiger partial charge < -0.3 is 10.2 Å². The summed E-state index contributed by atoms with van der Waals surface area (Å²) in [4.78, 5) is 20.6. The fraction of sp³-hybridized carbons (Fsp3) is 0.524. The van der Waals surface area contributed by atoms with Gasteiger partial charge in [-0.1, -0.05) is 50.1 Å². The Balaban J connectivity index is 0.000000568. The van der Waals surface area contributed by atoms with Crippen LogP contribution in [0.3, 0.4) is 0 Å². The smallest absolute Gasteiger partial charge is 0.414 e. The molecule has 1 heterocycles. The summed E-state index contributed by atoms with van der Waals surface area (Å²) < 4.78 is 0.226. The molecule has 28 heavy (non-hydrogen) atoms. The molecule has 7 heteroatoms. The predicted molar refractivity (Wildman–Crippen MR) is 118 cm³/mol. The molecule has 0 unspecified atom stereocenters. The van der Waals surface area contributed by atoms with Gasteiger partial charge in [-0.3, -0.25) is 4.90 Å². The van der Waals surface area contributed by atoms with Crippen LogP contribution < -0.4 is 0 Å². The molecule has 1 aliphatic rings. The van der Waals surface area contributed by atoms with Gasteiger partial charge in [0, 0.05) is 6.42 Å². The summed E-state index contributed by atoms with van der Waals surface area (Å²) in [6.07, 6.45) is 3.48. The van der Waals surface area contributed by atoms with Crippen LogP contribution in [0.1, 0.15) is 38.7 Å². The van der Waals surface area contributed by atoms with Crippen molar-refractivity contribution in [3.05, 3.63) is 35.9 Å². The zero-order chi connectivity index (χ0) is 20.8. The molecule has 1 aromatic rings. The number of nitrogens with zero attached hydrogens (tertiary/aromatic N) is 1. The number of carboxylic acid groups (broad SMARTS) is 2. The largest absolute Gasteiger partial charge is 0.473 e. The Morgan fingerprint density at radius 2 is 1.61 bits per heavy atom. The predicted octanol–water partition coefficient (Wildman–Crippen LogP) is 3.99. The first-order valence-corrected chi connectivity index (χ1v) is 11.4. The van der Waals surface area contributed by atoms with Crippen LogP contribution in [-0.2, 0) is 13.7 Å². The summed E-state index contributed by atoms with van der Waals surface area (Å²) in [5.41, 5.74) is 1.47. The van der Waals surface area contributed by atoms with Crippen molar-refractivity contribution in [1.29, 1.82) is 0 Å². The van der Waals surface area contributed by atoms with Gasteiger partial charge >= 0.3 is 11.9 Å². The molecule has 0 radical (unpaired) electrons. The third kappa shape index (κ3) is 8.59. The van der Waals surface area contributed by atoms with Crippen LogP contribution in [-0.4, -0.2) is 58.2 Å². The van der Waals surface area contributed by atoms with Gasteiger partial charge in [0.05, 0.1) is 10.6 Å². The van der Waals surface area contributed by atoms with Crippen LogP contribution in [0.5, 0.6) is 0 Å². The van der Waals surface area contributed by atoms with Gasteiger partial charge in [-0.2, -0.15) is 0 Å². The van der Waals surface area contributed by atoms with E-state index in [-0.39, 0.29) is 4.08 Å². The highest BCUT2D eigenvalue weighted by Gasteiger charge is 2.34. The second kappa shape index (κ2) is 13.5. The number of aliphatic carboxylic acids is 2. The van der Waals surface area contributed by atoms with Crippen molar-refractivity contribution in [3.8, 4) is 11.8 Å². The topological polar surface area (TPSA) is 77.8 Å². The average Bonchev–Trinajstić information content (AvgIpc) is 2.72. The van der Waals surface area contributed by atoms with Gasteiger partial charge in [-0.25, -0.2) is 9.59 Å². The Bertz CT molecular complexity index is 648. The standard InChI is InChI=1S/C19H27NS2.C2H2O4/c1-3-20(4-2)15-10-6-9-14-19(21-16-11-17-22-19)18-12-7-5-8-13-18;3-1(4)2(5)6/h5,7-8,12-13H,3-4,9,11,14-17H2,1-2H3;(H,3,4)(H,5,6). The Hall–Kier alpha value is -1.62. The maximum absolute atomic E-state index is 9.10. The number of carboxylic acids is 2. The normalized spacial score (nSPS) is 15.0. The molecular formula is C21H29NO4S2. The van der Waals surface area contributed by atoms with Gasteiger partial charge in [0.15, 0.2) is 0 Å². The second-order valence-electron chi connectivity index (χ2n) is 6.09. The highest BCUT2D eigenvalue weighted by atomic mass is 32.2. The molecule has 1 saturated heterocycles. The summed E-state index contributed by atoms with van der Waals surface area (Å²) in [6.45, 7) is 7.48. The lowest BCUT2D eigenvalue weighted by Crippen LogP contribution is -2.23. The van der Waals surface area contributed by atoms with Gasteiger partial charge in [0.25, 0.3) is 0 Å². The summed E-state index contributed by atoms with van der Waals surface area (Å²) >= 11 is 4.24. The molecule has 2 rings (SSSR count). The van der Waals surface area contributed by atoms with Crippen LogP contribution in [0.15, 0.2) is 30.3 Å². The summed E-state index contributed by atoms with van der Waals surface area (Å²) in [7, 11) is 0. The maximum Gasteiger partial charge on any atom is 0.414 e. The SMILES string of the molecule is CCN(CC)CC#CCCC1(c2ccccc2)SCCCS1.O=C(O)C(=O)O. The molecule has 0 aromatic heterocycles. The van der Waals surface area contributed by atoms with Gasteiger partial charge in [0.2, 0.25) is 0 Å². The summed E-state index contributed by atoms with van der Waals surface area (Å²) in [5.74, 6) is 5.66. The Kier molecular flexibility index (Phi) is 11.8. The van der Waals surface area contributed by atoms with Gasteiger partial charge in [-0.15, -0.1) is 29.4 Å². The lowest BCUT2D eigenvalue weighted by molar-refractivity contribution is -0.159. The van der Waals surface area contributed by atoms with Crippen LogP contribution in [0.25, 0.3) is 0 Å². The van der Waals surface area contributed by atoms with Crippen molar-refractivity contribution in [2.75, 3.05) is 31.1 Å². The molecule has 2 N–H and O–H groups in total. The zero-order valence-electron chi connectivity index (χ0n) is 16.5. The van der Waals surface area contributed by atoms with E-state index in [0.29, 0.717) is 0 Å². The van der Waals surface area contributed by atoms with E-state index in [4.69, 9.17) is 19.8 Å². The molecule has 154 valence electrons. The molecule has 0 atom stereocenters. The minimum atomic E-state index is -1.82. The van der Waals surface area contributed by atoms with Crippen molar-refractivity contribution in [2.24, 2.45) is 0 Å². The van der Waals surface area contributed by atoms with Crippen LogP contribution in [0.2, 0.25) is 0 Å². The number of carbonyl (C=O) groups is 2. The average molecular weight is 424 g/mol. The minimum absolute atomic E-state index is 0.226.